The number of aldehydes is 1. The van der Waals surface area contributed by atoms with E-state index in [2.05, 4.69) is 10.1 Å². The molecule has 2 aromatic rings. The number of fused-ring (bicyclic) bond motifs is 1. The Hall–Kier alpha value is -1.71. The number of aromatic nitrogens is 3. The van der Waals surface area contributed by atoms with Gasteiger partial charge >= 0.3 is 0 Å². The maximum atomic E-state index is 10.6. The fourth-order valence-electron chi connectivity index (χ4n) is 1.21. The minimum absolute atomic E-state index is 0.578. The average molecular weight is 175 g/mol. The van der Waals surface area contributed by atoms with Crippen LogP contribution in [0.15, 0.2) is 18.3 Å². The third kappa shape index (κ3) is 1.20. The summed E-state index contributed by atoms with van der Waals surface area (Å²) in [6, 6.07) is 3.52. The predicted molar refractivity (Wildman–Crippen MR) is 47.8 cm³/mol. The van der Waals surface area contributed by atoms with Gasteiger partial charge in [0.25, 0.3) is 0 Å². The molecular weight excluding hydrogens is 166 g/mol. The Labute approximate surface area is 75.2 Å². The maximum absolute atomic E-state index is 10.6. The molecule has 0 unspecified atom stereocenters. The molecule has 0 aliphatic rings. The van der Waals surface area contributed by atoms with Gasteiger partial charge in [0.15, 0.2) is 17.8 Å². The molecule has 0 saturated carbocycles. The van der Waals surface area contributed by atoms with Gasteiger partial charge in [0.1, 0.15) is 0 Å². The quantitative estimate of drug-likeness (QED) is 0.642. The summed E-state index contributed by atoms with van der Waals surface area (Å²) in [6.45, 7) is 1.98. The van der Waals surface area contributed by atoms with Crippen LogP contribution in [0, 0.1) is 0 Å². The summed E-state index contributed by atoms with van der Waals surface area (Å²) >= 11 is 0. The molecule has 0 spiro atoms. The molecule has 66 valence electrons. The van der Waals surface area contributed by atoms with Crippen LogP contribution in [0.5, 0.6) is 0 Å². The first-order chi connectivity index (χ1) is 6.35. The average Bonchev–Trinajstić information content (AvgIpc) is 2.59. The van der Waals surface area contributed by atoms with Gasteiger partial charge in [-0.3, -0.25) is 4.79 Å². The van der Waals surface area contributed by atoms with Crippen LogP contribution in [-0.4, -0.2) is 20.9 Å². The van der Waals surface area contributed by atoms with E-state index in [0.29, 0.717) is 11.2 Å². The SMILES string of the molecule is CCc1nc2c(C=O)cccn2n1. The number of pyridine rings is 1. The summed E-state index contributed by atoms with van der Waals surface area (Å²) in [6.07, 6.45) is 3.36. The van der Waals surface area contributed by atoms with Crippen molar-refractivity contribution in [1.29, 1.82) is 0 Å². The van der Waals surface area contributed by atoms with E-state index >= 15 is 0 Å². The van der Waals surface area contributed by atoms with Crippen LogP contribution in [0.4, 0.5) is 0 Å². The van der Waals surface area contributed by atoms with Crippen molar-refractivity contribution in [1.82, 2.24) is 14.6 Å². The molecule has 13 heavy (non-hydrogen) atoms. The van der Waals surface area contributed by atoms with Crippen molar-refractivity contribution in [2.45, 2.75) is 13.3 Å². The summed E-state index contributed by atoms with van der Waals surface area (Å²) in [5.41, 5.74) is 1.21. The van der Waals surface area contributed by atoms with Gasteiger partial charge in [-0.1, -0.05) is 6.92 Å². The molecule has 2 heterocycles. The van der Waals surface area contributed by atoms with Crippen molar-refractivity contribution in [3.05, 3.63) is 29.7 Å². The lowest BCUT2D eigenvalue weighted by molar-refractivity contribution is 0.112. The fourth-order valence-corrected chi connectivity index (χ4v) is 1.21. The third-order valence-corrected chi connectivity index (χ3v) is 1.88. The highest BCUT2D eigenvalue weighted by Gasteiger charge is 2.04. The summed E-state index contributed by atoms with van der Waals surface area (Å²) in [5, 5.41) is 4.19. The van der Waals surface area contributed by atoms with E-state index in [-0.39, 0.29) is 0 Å². The number of aryl methyl sites for hydroxylation is 1. The first-order valence-electron chi connectivity index (χ1n) is 4.14. The van der Waals surface area contributed by atoms with Crippen molar-refractivity contribution < 1.29 is 4.79 Å². The zero-order valence-corrected chi connectivity index (χ0v) is 7.27. The number of carbonyl (C=O) groups is 1. The van der Waals surface area contributed by atoms with E-state index in [1.807, 2.05) is 6.92 Å². The van der Waals surface area contributed by atoms with Crippen LogP contribution >= 0.6 is 0 Å². The second kappa shape index (κ2) is 2.97. The number of hydrogen-bond acceptors (Lipinski definition) is 3. The normalized spacial score (nSPS) is 10.5. The van der Waals surface area contributed by atoms with Gasteiger partial charge in [-0.15, -0.1) is 0 Å². The summed E-state index contributed by atoms with van der Waals surface area (Å²) in [4.78, 5) is 14.9. The Morgan fingerprint density at radius 2 is 2.46 bits per heavy atom. The molecule has 0 aromatic carbocycles. The molecule has 2 aromatic heterocycles. The van der Waals surface area contributed by atoms with Crippen LogP contribution in [0.2, 0.25) is 0 Å². The van der Waals surface area contributed by atoms with E-state index in [1.165, 1.54) is 0 Å². The highest BCUT2D eigenvalue weighted by molar-refractivity contribution is 5.83. The molecule has 0 amide bonds. The van der Waals surface area contributed by atoms with Gasteiger partial charge in [0.05, 0.1) is 5.56 Å². The third-order valence-electron chi connectivity index (χ3n) is 1.88. The number of carbonyl (C=O) groups excluding carboxylic acids is 1. The smallest absolute Gasteiger partial charge is 0.166 e. The maximum Gasteiger partial charge on any atom is 0.166 e. The molecule has 4 nitrogen and oxygen atoms in total. The van der Waals surface area contributed by atoms with E-state index < -0.39 is 0 Å². The molecule has 0 aliphatic carbocycles. The van der Waals surface area contributed by atoms with E-state index in [1.54, 1.807) is 22.8 Å². The molecule has 0 bridgehead atoms. The Morgan fingerprint density at radius 1 is 1.62 bits per heavy atom. The minimum Gasteiger partial charge on any atom is -0.298 e. The van der Waals surface area contributed by atoms with Crippen molar-refractivity contribution >= 4 is 11.9 Å². The molecule has 0 saturated heterocycles. The van der Waals surface area contributed by atoms with Gasteiger partial charge in [0, 0.05) is 12.6 Å². The molecular formula is C9H9N3O. The lowest BCUT2D eigenvalue weighted by atomic mass is 10.3. The largest absolute Gasteiger partial charge is 0.298 e. The number of rotatable bonds is 2. The van der Waals surface area contributed by atoms with Gasteiger partial charge in [-0.05, 0) is 12.1 Å². The van der Waals surface area contributed by atoms with E-state index in [4.69, 9.17) is 0 Å². The highest BCUT2D eigenvalue weighted by atomic mass is 16.1. The second-order valence-electron chi connectivity index (χ2n) is 2.73. The van der Waals surface area contributed by atoms with Crippen molar-refractivity contribution in [3.63, 3.8) is 0 Å². The standard InChI is InChI=1S/C9H9N3O/c1-2-8-10-9-7(6-13)4-3-5-12(9)11-8/h3-6H,2H2,1H3. The zero-order valence-electron chi connectivity index (χ0n) is 7.27. The van der Waals surface area contributed by atoms with E-state index in [0.717, 1.165) is 18.5 Å². The highest BCUT2D eigenvalue weighted by Crippen LogP contribution is 2.06. The first-order valence-corrected chi connectivity index (χ1v) is 4.14. The Kier molecular flexibility index (Phi) is 1.81. The second-order valence-corrected chi connectivity index (χ2v) is 2.73. The van der Waals surface area contributed by atoms with Crippen LogP contribution in [-0.2, 0) is 6.42 Å². The Balaban J connectivity index is 2.74. The lowest BCUT2D eigenvalue weighted by Gasteiger charge is -1.91. The Morgan fingerprint density at radius 3 is 3.15 bits per heavy atom. The van der Waals surface area contributed by atoms with Gasteiger partial charge in [0.2, 0.25) is 0 Å². The molecule has 0 radical (unpaired) electrons. The number of hydrogen-bond donors (Lipinski definition) is 0. The topological polar surface area (TPSA) is 47.3 Å². The van der Waals surface area contributed by atoms with Crippen LogP contribution in [0.25, 0.3) is 5.65 Å². The van der Waals surface area contributed by atoms with Crippen molar-refractivity contribution in [2.75, 3.05) is 0 Å². The summed E-state index contributed by atoms with van der Waals surface area (Å²) in [7, 11) is 0. The molecule has 2 rings (SSSR count). The zero-order chi connectivity index (χ0) is 9.26. The van der Waals surface area contributed by atoms with Crippen LogP contribution in [0.3, 0.4) is 0 Å². The van der Waals surface area contributed by atoms with Gasteiger partial charge < -0.3 is 0 Å². The Bertz CT molecular complexity index is 447. The predicted octanol–water partition coefficient (Wildman–Crippen LogP) is 1.10. The lowest BCUT2D eigenvalue weighted by Crippen LogP contribution is -1.90. The molecule has 0 N–H and O–H groups in total. The summed E-state index contributed by atoms with van der Waals surface area (Å²) in [5.74, 6) is 0.759. The van der Waals surface area contributed by atoms with Gasteiger partial charge in [-0.2, -0.15) is 5.10 Å². The molecule has 0 aliphatic heterocycles. The fraction of sp³-hybridized carbons (Fsp3) is 0.222. The van der Waals surface area contributed by atoms with Crippen molar-refractivity contribution in [2.24, 2.45) is 0 Å². The molecule has 0 atom stereocenters. The molecule has 4 heteroatoms. The first kappa shape index (κ1) is 7.91. The monoisotopic (exact) mass is 175 g/mol. The summed E-state index contributed by atoms with van der Waals surface area (Å²) < 4.78 is 1.63. The number of nitrogens with zero attached hydrogens (tertiary/aromatic N) is 3. The van der Waals surface area contributed by atoms with E-state index in [9.17, 15) is 4.79 Å². The van der Waals surface area contributed by atoms with Crippen molar-refractivity contribution in [3.8, 4) is 0 Å². The van der Waals surface area contributed by atoms with Gasteiger partial charge in [-0.25, -0.2) is 9.50 Å². The molecule has 0 fully saturated rings. The van der Waals surface area contributed by atoms with Crippen LogP contribution in [0.1, 0.15) is 23.1 Å². The minimum atomic E-state index is 0.578. The van der Waals surface area contributed by atoms with Crippen LogP contribution < -0.4 is 0 Å².